The number of carboxylic acids is 1. The molecular formula is C14H9Br2ClFNO2. The Balaban J connectivity index is 2.37. The van der Waals surface area contributed by atoms with Crippen molar-refractivity contribution in [1.82, 2.24) is 0 Å². The van der Waals surface area contributed by atoms with Crippen molar-refractivity contribution in [2.75, 3.05) is 5.32 Å². The first-order valence-electron chi connectivity index (χ1n) is 5.78. The van der Waals surface area contributed by atoms with Crippen LogP contribution in [0.25, 0.3) is 0 Å². The van der Waals surface area contributed by atoms with E-state index in [1.54, 1.807) is 18.2 Å². The number of anilines is 1. The second-order valence-electron chi connectivity index (χ2n) is 4.21. The van der Waals surface area contributed by atoms with Crippen molar-refractivity contribution in [1.29, 1.82) is 0 Å². The Labute approximate surface area is 142 Å². The molecule has 0 saturated carbocycles. The van der Waals surface area contributed by atoms with Gasteiger partial charge in [-0.1, -0.05) is 27.5 Å². The van der Waals surface area contributed by atoms with Gasteiger partial charge in [0, 0.05) is 20.2 Å². The van der Waals surface area contributed by atoms with Crippen LogP contribution in [0, 0.1) is 5.82 Å². The molecule has 7 heteroatoms. The molecule has 0 spiro atoms. The first-order valence-corrected chi connectivity index (χ1v) is 7.74. The summed E-state index contributed by atoms with van der Waals surface area (Å²) >= 11 is 12.3. The lowest BCUT2D eigenvalue weighted by atomic mass is 10.1. The molecule has 0 radical (unpaired) electrons. The third-order valence-corrected chi connectivity index (χ3v) is 4.45. The molecule has 2 rings (SSSR count). The number of carbonyl (C=O) groups is 1. The Hall–Kier alpha value is -1.11. The SMILES string of the molecule is O=C(O)C(Nc1ccc(Cl)c(Br)c1)c1cc(Br)ccc1F. The summed E-state index contributed by atoms with van der Waals surface area (Å²) in [6, 6.07) is 7.82. The van der Waals surface area contributed by atoms with Crippen LogP contribution in [-0.4, -0.2) is 11.1 Å². The van der Waals surface area contributed by atoms with Crippen molar-refractivity contribution >= 4 is 55.1 Å². The van der Waals surface area contributed by atoms with Crippen molar-refractivity contribution < 1.29 is 14.3 Å². The number of halogens is 4. The molecule has 0 bridgehead atoms. The molecule has 2 aromatic rings. The van der Waals surface area contributed by atoms with Crippen molar-refractivity contribution in [3.05, 3.63) is 61.7 Å². The average molecular weight is 437 g/mol. The molecule has 0 aliphatic carbocycles. The normalized spacial score (nSPS) is 12.0. The van der Waals surface area contributed by atoms with E-state index in [1.807, 2.05) is 0 Å². The molecule has 0 amide bonds. The summed E-state index contributed by atoms with van der Waals surface area (Å²) < 4.78 is 15.1. The fourth-order valence-corrected chi connectivity index (χ4v) is 2.64. The lowest BCUT2D eigenvalue weighted by molar-refractivity contribution is -0.138. The molecule has 0 fully saturated rings. The Kier molecular flexibility index (Phi) is 5.24. The summed E-state index contributed by atoms with van der Waals surface area (Å²) in [6.45, 7) is 0. The number of hydrogen-bond donors (Lipinski definition) is 2. The Morgan fingerprint density at radius 2 is 1.95 bits per heavy atom. The third-order valence-electron chi connectivity index (χ3n) is 2.75. The van der Waals surface area contributed by atoms with Crippen LogP contribution in [0.3, 0.4) is 0 Å². The number of hydrogen-bond acceptors (Lipinski definition) is 2. The summed E-state index contributed by atoms with van der Waals surface area (Å²) in [5.41, 5.74) is 0.556. The first-order chi connectivity index (χ1) is 9.88. The van der Waals surface area contributed by atoms with Crippen LogP contribution in [0.1, 0.15) is 11.6 Å². The summed E-state index contributed by atoms with van der Waals surface area (Å²) in [5.74, 6) is -1.77. The van der Waals surface area contributed by atoms with Crippen molar-refractivity contribution in [3.8, 4) is 0 Å². The van der Waals surface area contributed by atoms with Crippen molar-refractivity contribution in [3.63, 3.8) is 0 Å². The smallest absolute Gasteiger partial charge is 0.330 e. The number of rotatable bonds is 4. The maximum atomic E-state index is 13.9. The number of carboxylic acid groups (broad SMARTS) is 1. The summed E-state index contributed by atoms with van der Waals surface area (Å²) in [6.07, 6.45) is 0. The Morgan fingerprint density at radius 3 is 2.57 bits per heavy atom. The Bertz CT molecular complexity index is 697. The van der Waals surface area contributed by atoms with E-state index >= 15 is 0 Å². The molecular weight excluding hydrogens is 428 g/mol. The predicted octanol–water partition coefficient (Wildman–Crippen LogP) is 5.24. The molecule has 21 heavy (non-hydrogen) atoms. The van der Waals surface area contributed by atoms with Crippen LogP contribution in [0.15, 0.2) is 45.3 Å². The highest BCUT2D eigenvalue weighted by molar-refractivity contribution is 9.10. The highest BCUT2D eigenvalue weighted by Crippen LogP contribution is 2.29. The molecule has 110 valence electrons. The molecule has 1 atom stereocenters. The standard InChI is InChI=1S/C14H9Br2ClFNO2/c15-7-1-4-12(18)9(5-7)13(14(20)21)19-8-2-3-11(17)10(16)6-8/h1-6,13,19H,(H,20,21). The van der Waals surface area contributed by atoms with Crippen LogP contribution >= 0.6 is 43.5 Å². The van der Waals surface area contributed by atoms with Gasteiger partial charge in [-0.05, 0) is 52.3 Å². The van der Waals surface area contributed by atoms with E-state index in [4.69, 9.17) is 11.6 Å². The predicted molar refractivity (Wildman–Crippen MR) is 87.3 cm³/mol. The largest absolute Gasteiger partial charge is 0.479 e. The van der Waals surface area contributed by atoms with Crippen LogP contribution in [0.4, 0.5) is 10.1 Å². The van der Waals surface area contributed by atoms with E-state index in [1.165, 1.54) is 18.2 Å². The van der Waals surface area contributed by atoms with Gasteiger partial charge in [0.1, 0.15) is 5.82 Å². The molecule has 0 aromatic heterocycles. The second kappa shape index (κ2) is 6.77. The molecule has 0 saturated heterocycles. The summed E-state index contributed by atoms with van der Waals surface area (Å²) in [7, 11) is 0. The van der Waals surface area contributed by atoms with E-state index in [0.717, 1.165) is 0 Å². The first kappa shape index (κ1) is 16.3. The van der Waals surface area contributed by atoms with Crippen molar-refractivity contribution in [2.45, 2.75) is 6.04 Å². The molecule has 0 aliphatic rings. The Morgan fingerprint density at radius 1 is 1.24 bits per heavy atom. The van der Waals surface area contributed by atoms with Crippen LogP contribution in [0.5, 0.6) is 0 Å². The zero-order chi connectivity index (χ0) is 15.6. The lowest BCUT2D eigenvalue weighted by Crippen LogP contribution is -2.21. The fourth-order valence-electron chi connectivity index (χ4n) is 1.76. The van der Waals surface area contributed by atoms with Gasteiger partial charge in [-0.2, -0.15) is 0 Å². The summed E-state index contributed by atoms with van der Waals surface area (Å²) in [5, 5.41) is 12.6. The zero-order valence-corrected chi connectivity index (χ0v) is 14.3. The van der Waals surface area contributed by atoms with Gasteiger partial charge < -0.3 is 10.4 Å². The van der Waals surface area contributed by atoms with E-state index in [9.17, 15) is 14.3 Å². The number of aliphatic carboxylic acids is 1. The quantitative estimate of drug-likeness (QED) is 0.688. The van der Waals surface area contributed by atoms with E-state index in [0.29, 0.717) is 19.7 Å². The molecule has 0 aliphatic heterocycles. The fraction of sp³-hybridized carbons (Fsp3) is 0.0714. The van der Waals surface area contributed by atoms with Crippen LogP contribution < -0.4 is 5.32 Å². The van der Waals surface area contributed by atoms with Gasteiger partial charge >= 0.3 is 5.97 Å². The minimum atomic E-state index is -1.21. The van der Waals surface area contributed by atoms with Gasteiger partial charge in [-0.15, -0.1) is 0 Å². The minimum Gasteiger partial charge on any atom is -0.479 e. The monoisotopic (exact) mass is 435 g/mol. The van der Waals surface area contributed by atoms with Gasteiger partial charge in [-0.3, -0.25) is 0 Å². The van der Waals surface area contributed by atoms with E-state index in [2.05, 4.69) is 37.2 Å². The zero-order valence-electron chi connectivity index (χ0n) is 10.4. The number of benzene rings is 2. The maximum absolute atomic E-state index is 13.9. The second-order valence-corrected chi connectivity index (χ2v) is 6.39. The minimum absolute atomic E-state index is 0.0444. The van der Waals surface area contributed by atoms with Gasteiger partial charge in [0.2, 0.25) is 0 Å². The van der Waals surface area contributed by atoms with Crippen LogP contribution in [-0.2, 0) is 4.79 Å². The number of nitrogens with one attached hydrogen (secondary N) is 1. The van der Waals surface area contributed by atoms with Gasteiger partial charge in [0.05, 0.1) is 5.02 Å². The third kappa shape index (κ3) is 3.96. The highest BCUT2D eigenvalue weighted by atomic mass is 79.9. The highest BCUT2D eigenvalue weighted by Gasteiger charge is 2.23. The van der Waals surface area contributed by atoms with Crippen molar-refractivity contribution in [2.24, 2.45) is 0 Å². The van der Waals surface area contributed by atoms with E-state index < -0.39 is 17.8 Å². The van der Waals surface area contributed by atoms with Gasteiger partial charge in [0.25, 0.3) is 0 Å². The van der Waals surface area contributed by atoms with Gasteiger partial charge in [0.15, 0.2) is 6.04 Å². The average Bonchev–Trinajstić information content (AvgIpc) is 2.42. The van der Waals surface area contributed by atoms with Crippen LogP contribution in [0.2, 0.25) is 5.02 Å². The molecule has 2 N–H and O–H groups in total. The maximum Gasteiger partial charge on any atom is 0.330 e. The topological polar surface area (TPSA) is 49.3 Å². The lowest BCUT2D eigenvalue weighted by Gasteiger charge is -2.17. The molecule has 3 nitrogen and oxygen atoms in total. The van der Waals surface area contributed by atoms with Gasteiger partial charge in [-0.25, -0.2) is 9.18 Å². The molecule has 1 unspecified atom stereocenters. The molecule has 2 aromatic carbocycles. The van der Waals surface area contributed by atoms with E-state index in [-0.39, 0.29) is 5.56 Å². The summed E-state index contributed by atoms with van der Waals surface area (Å²) in [4.78, 5) is 11.4. The molecule has 0 heterocycles.